The third kappa shape index (κ3) is 5.07. The molecule has 2 rings (SSSR count). The number of halogens is 3. The number of aliphatic hydroxyl groups excluding tert-OH is 1. The molecular formula is C13H14F3N3O2. The summed E-state index contributed by atoms with van der Waals surface area (Å²) in [6, 6.07) is 5.59. The monoisotopic (exact) mass is 301 g/mol. The molecule has 2 aromatic rings. The zero-order chi connectivity index (χ0) is 15.3. The molecule has 0 aliphatic heterocycles. The number of alkyl halides is 3. The predicted octanol–water partition coefficient (Wildman–Crippen LogP) is 2.15. The Labute approximate surface area is 119 Å². The molecule has 0 amide bonds. The van der Waals surface area contributed by atoms with Crippen molar-refractivity contribution in [2.45, 2.75) is 25.7 Å². The Kier molecular flexibility index (Phi) is 4.79. The summed E-state index contributed by atoms with van der Waals surface area (Å²) in [5.74, 6) is -0.256. The highest BCUT2D eigenvalue weighted by molar-refractivity contribution is 5.27. The molecule has 0 saturated carbocycles. The maximum atomic E-state index is 12.0. The molecular weight excluding hydrogens is 287 g/mol. The van der Waals surface area contributed by atoms with Crippen LogP contribution in [0.25, 0.3) is 0 Å². The summed E-state index contributed by atoms with van der Waals surface area (Å²) >= 11 is 0. The molecule has 1 aromatic carbocycles. The molecule has 1 aromatic heterocycles. The largest absolute Gasteiger partial charge is 0.573 e. The van der Waals surface area contributed by atoms with E-state index in [1.807, 2.05) is 0 Å². The van der Waals surface area contributed by atoms with Gasteiger partial charge in [-0.05, 0) is 30.5 Å². The molecule has 8 heteroatoms. The highest BCUT2D eigenvalue weighted by atomic mass is 19.4. The molecule has 0 spiro atoms. The second kappa shape index (κ2) is 6.57. The van der Waals surface area contributed by atoms with Crippen molar-refractivity contribution < 1.29 is 23.0 Å². The van der Waals surface area contributed by atoms with Crippen LogP contribution in [-0.4, -0.2) is 33.1 Å². The molecule has 5 nitrogen and oxygen atoms in total. The lowest BCUT2D eigenvalue weighted by molar-refractivity contribution is -0.274. The molecule has 0 fully saturated rings. The number of aryl methyl sites for hydroxylation is 1. The normalized spacial score (nSPS) is 11.6. The topological polar surface area (TPSA) is 60.2 Å². The quantitative estimate of drug-likeness (QED) is 0.888. The highest BCUT2D eigenvalue weighted by Crippen LogP contribution is 2.22. The molecule has 1 N–H and O–H groups in total. The van der Waals surface area contributed by atoms with E-state index in [9.17, 15) is 13.2 Å². The summed E-state index contributed by atoms with van der Waals surface area (Å²) in [6.45, 7) is 0.492. The zero-order valence-electron chi connectivity index (χ0n) is 11.0. The lowest BCUT2D eigenvalue weighted by Crippen LogP contribution is -2.17. The lowest BCUT2D eigenvalue weighted by atomic mass is 10.2. The average Bonchev–Trinajstić information content (AvgIpc) is 2.85. The number of benzene rings is 1. The van der Waals surface area contributed by atoms with Gasteiger partial charge in [0.2, 0.25) is 0 Å². The lowest BCUT2D eigenvalue weighted by Gasteiger charge is -2.09. The Morgan fingerprint density at radius 3 is 2.52 bits per heavy atom. The van der Waals surface area contributed by atoms with Gasteiger partial charge in [-0.2, -0.15) is 0 Å². The van der Waals surface area contributed by atoms with Gasteiger partial charge in [0.15, 0.2) is 0 Å². The van der Waals surface area contributed by atoms with Crippen LogP contribution < -0.4 is 4.74 Å². The molecule has 0 radical (unpaired) electrons. The van der Waals surface area contributed by atoms with Crippen molar-refractivity contribution in [1.29, 1.82) is 0 Å². The van der Waals surface area contributed by atoms with Gasteiger partial charge in [-0.1, -0.05) is 17.3 Å². The molecule has 0 saturated heterocycles. The SMILES string of the molecule is OCCCc1cn(Cc2ccc(OC(F)(F)F)cc2)nn1. The van der Waals surface area contributed by atoms with Crippen LogP contribution in [0.4, 0.5) is 13.2 Å². The first-order valence-electron chi connectivity index (χ1n) is 6.31. The number of hydrogen-bond donors (Lipinski definition) is 1. The van der Waals surface area contributed by atoms with Gasteiger partial charge < -0.3 is 9.84 Å². The fourth-order valence-electron chi connectivity index (χ4n) is 1.77. The van der Waals surface area contributed by atoms with Crippen molar-refractivity contribution in [3.63, 3.8) is 0 Å². The van der Waals surface area contributed by atoms with E-state index >= 15 is 0 Å². The minimum Gasteiger partial charge on any atom is -0.406 e. The van der Waals surface area contributed by atoms with Crippen LogP contribution in [0.3, 0.4) is 0 Å². The standard InChI is InChI=1S/C13H14F3N3O2/c14-13(15,16)21-12-5-3-10(4-6-12)8-19-9-11(17-18-19)2-1-7-20/h3-6,9,20H,1-2,7-8H2. The maximum absolute atomic E-state index is 12.0. The summed E-state index contributed by atoms with van der Waals surface area (Å²) in [6.07, 6.45) is -1.69. The van der Waals surface area contributed by atoms with Crippen LogP contribution >= 0.6 is 0 Å². The summed E-state index contributed by atoms with van der Waals surface area (Å²) in [7, 11) is 0. The third-order valence-corrected chi connectivity index (χ3v) is 2.68. The van der Waals surface area contributed by atoms with Crippen molar-refractivity contribution in [3.05, 3.63) is 41.7 Å². The summed E-state index contributed by atoms with van der Waals surface area (Å²) in [4.78, 5) is 0. The van der Waals surface area contributed by atoms with Crippen molar-refractivity contribution in [2.75, 3.05) is 6.61 Å². The van der Waals surface area contributed by atoms with E-state index in [0.717, 1.165) is 11.3 Å². The number of aromatic nitrogens is 3. The molecule has 0 unspecified atom stereocenters. The van der Waals surface area contributed by atoms with Crippen LogP contribution in [0.2, 0.25) is 0 Å². The fourth-order valence-corrected chi connectivity index (χ4v) is 1.77. The number of nitrogens with zero attached hydrogens (tertiary/aromatic N) is 3. The Morgan fingerprint density at radius 1 is 1.19 bits per heavy atom. The van der Waals surface area contributed by atoms with Gasteiger partial charge in [-0.3, -0.25) is 0 Å². The minimum absolute atomic E-state index is 0.0908. The van der Waals surface area contributed by atoms with Crippen LogP contribution in [-0.2, 0) is 13.0 Å². The molecule has 0 atom stereocenters. The Hall–Kier alpha value is -2.09. The van der Waals surface area contributed by atoms with Gasteiger partial charge in [0, 0.05) is 12.8 Å². The minimum atomic E-state index is -4.69. The van der Waals surface area contributed by atoms with Crippen LogP contribution in [0.1, 0.15) is 17.7 Å². The van der Waals surface area contributed by atoms with Crippen molar-refractivity contribution in [2.24, 2.45) is 0 Å². The average molecular weight is 301 g/mol. The van der Waals surface area contributed by atoms with E-state index in [4.69, 9.17) is 5.11 Å². The van der Waals surface area contributed by atoms with Gasteiger partial charge in [0.05, 0.1) is 12.2 Å². The van der Waals surface area contributed by atoms with E-state index in [0.29, 0.717) is 19.4 Å². The molecule has 1 heterocycles. The van der Waals surface area contributed by atoms with E-state index < -0.39 is 6.36 Å². The summed E-state index contributed by atoms with van der Waals surface area (Å²) in [5.41, 5.74) is 1.55. The first-order valence-corrected chi connectivity index (χ1v) is 6.31. The van der Waals surface area contributed by atoms with Crippen molar-refractivity contribution in [1.82, 2.24) is 15.0 Å². The molecule has 114 valence electrons. The van der Waals surface area contributed by atoms with Gasteiger partial charge in [-0.15, -0.1) is 18.3 Å². The van der Waals surface area contributed by atoms with Crippen LogP contribution in [0, 0.1) is 0 Å². The van der Waals surface area contributed by atoms with E-state index in [2.05, 4.69) is 15.0 Å². The van der Waals surface area contributed by atoms with Gasteiger partial charge in [0.1, 0.15) is 5.75 Å². The maximum Gasteiger partial charge on any atom is 0.573 e. The second-order valence-corrected chi connectivity index (χ2v) is 4.43. The van der Waals surface area contributed by atoms with E-state index in [-0.39, 0.29) is 12.4 Å². The summed E-state index contributed by atoms with van der Waals surface area (Å²) < 4.78 is 41.5. The third-order valence-electron chi connectivity index (χ3n) is 2.68. The first-order chi connectivity index (χ1) is 9.96. The Morgan fingerprint density at radius 2 is 1.90 bits per heavy atom. The van der Waals surface area contributed by atoms with E-state index in [1.165, 1.54) is 24.3 Å². The van der Waals surface area contributed by atoms with Crippen molar-refractivity contribution in [3.8, 4) is 5.75 Å². The zero-order valence-corrected chi connectivity index (χ0v) is 11.0. The fraction of sp³-hybridized carbons (Fsp3) is 0.385. The molecule has 21 heavy (non-hydrogen) atoms. The second-order valence-electron chi connectivity index (χ2n) is 4.43. The van der Waals surface area contributed by atoms with Gasteiger partial charge in [0.25, 0.3) is 0 Å². The molecule has 0 aliphatic rings. The Bertz CT molecular complexity index is 567. The predicted molar refractivity (Wildman–Crippen MR) is 67.7 cm³/mol. The highest BCUT2D eigenvalue weighted by Gasteiger charge is 2.30. The van der Waals surface area contributed by atoms with Crippen LogP contribution in [0.15, 0.2) is 30.5 Å². The molecule has 0 aliphatic carbocycles. The van der Waals surface area contributed by atoms with E-state index in [1.54, 1.807) is 10.9 Å². The number of aliphatic hydroxyl groups is 1. The number of ether oxygens (including phenoxy) is 1. The number of rotatable bonds is 6. The Balaban J connectivity index is 1.95. The first kappa shape index (κ1) is 15.3. The molecule has 0 bridgehead atoms. The smallest absolute Gasteiger partial charge is 0.406 e. The van der Waals surface area contributed by atoms with Gasteiger partial charge in [-0.25, -0.2) is 4.68 Å². The number of hydrogen-bond acceptors (Lipinski definition) is 4. The van der Waals surface area contributed by atoms with Crippen LogP contribution in [0.5, 0.6) is 5.75 Å². The van der Waals surface area contributed by atoms with Gasteiger partial charge >= 0.3 is 6.36 Å². The summed E-state index contributed by atoms with van der Waals surface area (Å²) in [5, 5.41) is 16.6. The van der Waals surface area contributed by atoms with Crippen molar-refractivity contribution >= 4 is 0 Å².